The van der Waals surface area contributed by atoms with Gasteiger partial charge in [0.05, 0.1) is 17.8 Å². The molecule has 3 aromatic rings. The standard InChI is InChI=1S/C25H25FN2O4/c1-2-9-31-25-14-22-20(13-23(25)28-15-29)24(7-8-27-22)32-19-6-5-17(21(26)12-19)11-18(30)10-16-3-4-16/h5-8,12-16H,2-4,9-11H2,1H3,(H,28,29). The minimum atomic E-state index is -0.469. The highest BCUT2D eigenvalue weighted by atomic mass is 19.1. The fourth-order valence-corrected chi connectivity index (χ4v) is 3.54. The number of benzene rings is 2. The number of hydrogen-bond acceptors (Lipinski definition) is 5. The first kappa shape index (κ1) is 21.7. The summed E-state index contributed by atoms with van der Waals surface area (Å²) in [4.78, 5) is 27.5. The van der Waals surface area contributed by atoms with Crippen LogP contribution in [0.15, 0.2) is 42.6 Å². The van der Waals surface area contributed by atoms with Crippen LogP contribution in [0.1, 0.15) is 38.2 Å². The van der Waals surface area contributed by atoms with E-state index in [2.05, 4.69) is 10.3 Å². The highest BCUT2D eigenvalue weighted by Crippen LogP contribution is 2.36. The molecular formula is C25H25FN2O4. The molecule has 0 radical (unpaired) electrons. The molecule has 0 unspecified atom stereocenters. The Bertz CT molecular complexity index is 1140. The number of nitrogens with one attached hydrogen (secondary N) is 1. The van der Waals surface area contributed by atoms with Crippen LogP contribution in [-0.4, -0.2) is 23.8 Å². The van der Waals surface area contributed by atoms with Gasteiger partial charge < -0.3 is 14.8 Å². The van der Waals surface area contributed by atoms with Crippen molar-refractivity contribution in [1.82, 2.24) is 4.98 Å². The van der Waals surface area contributed by atoms with Crippen LogP contribution in [0, 0.1) is 11.7 Å². The maximum Gasteiger partial charge on any atom is 0.211 e. The number of aromatic nitrogens is 1. The molecule has 166 valence electrons. The summed E-state index contributed by atoms with van der Waals surface area (Å²) in [6.45, 7) is 2.50. The number of pyridine rings is 1. The maximum absolute atomic E-state index is 14.6. The van der Waals surface area contributed by atoms with Crippen LogP contribution in [0.3, 0.4) is 0 Å². The number of nitrogens with zero attached hydrogens (tertiary/aromatic N) is 1. The van der Waals surface area contributed by atoms with E-state index in [-0.39, 0.29) is 12.2 Å². The van der Waals surface area contributed by atoms with E-state index in [0.29, 0.717) is 64.8 Å². The summed E-state index contributed by atoms with van der Waals surface area (Å²) >= 11 is 0. The molecule has 1 aliphatic carbocycles. The second kappa shape index (κ2) is 9.77. The summed E-state index contributed by atoms with van der Waals surface area (Å²) in [5, 5.41) is 3.28. The van der Waals surface area contributed by atoms with E-state index in [1.807, 2.05) is 6.92 Å². The van der Waals surface area contributed by atoms with Gasteiger partial charge in [0, 0.05) is 36.6 Å². The van der Waals surface area contributed by atoms with Crippen molar-refractivity contribution in [2.24, 2.45) is 5.92 Å². The van der Waals surface area contributed by atoms with E-state index in [1.54, 1.807) is 36.5 Å². The van der Waals surface area contributed by atoms with Gasteiger partial charge in [0.15, 0.2) is 0 Å². The van der Waals surface area contributed by atoms with Gasteiger partial charge >= 0.3 is 0 Å². The van der Waals surface area contributed by atoms with E-state index < -0.39 is 5.82 Å². The molecule has 1 fully saturated rings. The zero-order valence-corrected chi connectivity index (χ0v) is 17.9. The molecule has 1 aromatic heterocycles. The molecule has 1 heterocycles. The number of anilines is 1. The first-order valence-electron chi connectivity index (χ1n) is 10.8. The summed E-state index contributed by atoms with van der Waals surface area (Å²) in [5.41, 5.74) is 1.49. The number of fused-ring (bicyclic) bond motifs is 1. The van der Waals surface area contributed by atoms with E-state index >= 15 is 0 Å². The smallest absolute Gasteiger partial charge is 0.211 e. The molecular weight excluding hydrogens is 411 g/mol. The monoisotopic (exact) mass is 436 g/mol. The van der Waals surface area contributed by atoms with Gasteiger partial charge in [-0.1, -0.05) is 13.0 Å². The fourth-order valence-electron chi connectivity index (χ4n) is 3.54. The summed E-state index contributed by atoms with van der Waals surface area (Å²) in [6.07, 6.45) is 5.81. The molecule has 0 bridgehead atoms. The average Bonchev–Trinajstić information content (AvgIpc) is 3.58. The van der Waals surface area contributed by atoms with Crippen molar-refractivity contribution >= 4 is 28.8 Å². The third-order valence-electron chi connectivity index (χ3n) is 5.33. The van der Waals surface area contributed by atoms with Crippen molar-refractivity contribution in [2.75, 3.05) is 11.9 Å². The molecule has 7 heteroatoms. The Morgan fingerprint density at radius 1 is 1.22 bits per heavy atom. The van der Waals surface area contributed by atoms with E-state index in [9.17, 15) is 14.0 Å². The van der Waals surface area contributed by atoms with Crippen LogP contribution in [0.5, 0.6) is 17.2 Å². The Morgan fingerprint density at radius 3 is 2.78 bits per heavy atom. The number of hydrogen-bond donors (Lipinski definition) is 1. The van der Waals surface area contributed by atoms with Gasteiger partial charge in [-0.05, 0) is 48.9 Å². The Morgan fingerprint density at radius 2 is 2.06 bits per heavy atom. The number of carbonyl (C=O) groups excluding carboxylic acids is 2. The van der Waals surface area contributed by atoms with E-state index in [1.165, 1.54) is 6.07 Å². The van der Waals surface area contributed by atoms with Crippen LogP contribution in [0.25, 0.3) is 10.9 Å². The molecule has 0 saturated heterocycles. The lowest BCUT2D eigenvalue weighted by atomic mass is 10.0. The van der Waals surface area contributed by atoms with Crippen molar-refractivity contribution < 1.29 is 23.5 Å². The first-order valence-corrected chi connectivity index (χ1v) is 10.8. The molecule has 1 amide bonds. The van der Waals surface area contributed by atoms with Crippen LogP contribution in [-0.2, 0) is 16.0 Å². The van der Waals surface area contributed by atoms with Crippen molar-refractivity contribution in [3.05, 3.63) is 54.0 Å². The number of amides is 1. The molecule has 6 nitrogen and oxygen atoms in total. The van der Waals surface area contributed by atoms with Crippen molar-refractivity contribution in [2.45, 2.75) is 39.0 Å². The van der Waals surface area contributed by atoms with Gasteiger partial charge in [0.2, 0.25) is 6.41 Å². The van der Waals surface area contributed by atoms with Gasteiger partial charge in [-0.2, -0.15) is 0 Å². The minimum Gasteiger partial charge on any atom is -0.491 e. The van der Waals surface area contributed by atoms with Crippen LogP contribution < -0.4 is 14.8 Å². The number of carbonyl (C=O) groups is 2. The van der Waals surface area contributed by atoms with Crippen LogP contribution >= 0.6 is 0 Å². The molecule has 1 saturated carbocycles. The summed E-state index contributed by atoms with van der Waals surface area (Å²) < 4.78 is 26.3. The molecule has 1 N–H and O–H groups in total. The minimum absolute atomic E-state index is 0.0662. The van der Waals surface area contributed by atoms with Crippen LogP contribution in [0.4, 0.5) is 10.1 Å². The van der Waals surface area contributed by atoms with E-state index in [4.69, 9.17) is 9.47 Å². The molecule has 0 atom stereocenters. The van der Waals surface area contributed by atoms with Gasteiger partial charge in [0.1, 0.15) is 28.8 Å². The quantitative estimate of drug-likeness (QED) is 0.405. The maximum atomic E-state index is 14.6. The summed E-state index contributed by atoms with van der Waals surface area (Å²) in [7, 11) is 0. The molecule has 32 heavy (non-hydrogen) atoms. The Labute approximate surface area is 185 Å². The summed E-state index contributed by atoms with van der Waals surface area (Å²) in [5.74, 6) is 1.37. The molecule has 0 aliphatic heterocycles. The molecule has 1 aliphatic rings. The van der Waals surface area contributed by atoms with Gasteiger partial charge in [0.25, 0.3) is 0 Å². The lowest BCUT2D eigenvalue weighted by molar-refractivity contribution is -0.118. The zero-order chi connectivity index (χ0) is 22.5. The number of ketones is 1. The van der Waals surface area contributed by atoms with Gasteiger partial charge in [-0.25, -0.2) is 4.39 Å². The Hall–Kier alpha value is -3.48. The predicted molar refractivity (Wildman–Crippen MR) is 120 cm³/mol. The number of rotatable bonds is 11. The molecule has 2 aromatic carbocycles. The van der Waals surface area contributed by atoms with Gasteiger partial charge in [-0.3, -0.25) is 14.6 Å². The normalized spacial score (nSPS) is 13.1. The third-order valence-corrected chi connectivity index (χ3v) is 5.33. The SMILES string of the molecule is CCCOc1cc2nccc(Oc3ccc(CC(=O)CC4CC4)c(F)c3)c2cc1NC=O. The highest BCUT2D eigenvalue weighted by molar-refractivity contribution is 5.93. The molecule has 0 spiro atoms. The van der Waals surface area contributed by atoms with Gasteiger partial charge in [-0.15, -0.1) is 0 Å². The Kier molecular flexibility index (Phi) is 6.63. The highest BCUT2D eigenvalue weighted by Gasteiger charge is 2.24. The average molecular weight is 436 g/mol. The van der Waals surface area contributed by atoms with Crippen molar-refractivity contribution in [3.63, 3.8) is 0 Å². The lowest BCUT2D eigenvalue weighted by Gasteiger charge is -2.14. The topological polar surface area (TPSA) is 77.5 Å². The zero-order valence-electron chi connectivity index (χ0n) is 17.9. The Balaban J connectivity index is 1.57. The van der Waals surface area contributed by atoms with Crippen molar-refractivity contribution in [1.29, 1.82) is 0 Å². The second-order valence-electron chi connectivity index (χ2n) is 8.00. The number of Topliss-reactive ketones (excluding diaryl/α,β-unsaturated/α-hetero) is 1. The predicted octanol–water partition coefficient (Wildman–Crippen LogP) is 5.44. The third kappa shape index (κ3) is 5.22. The lowest BCUT2D eigenvalue weighted by Crippen LogP contribution is -2.05. The first-order chi connectivity index (χ1) is 15.6. The largest absolute Gasteiger partial charge is 0.491 e. The molecule has 4 rings (SSSR count). The summed E-state index contributed by atoms with van der Waals surface area (Å²) in [6, 6.07) is 9.66. The fraction of sp³-hybridized carbons (Fsp3) is 0.320. The number of halogens is 1. The van der Waals surface area contributed by atoms with Crippen LogP contribution in [0.2, 0.25) is 0 Å². The van der Waals surface area contributed by atoms with E-state index in [0.717, 1.165) is 19.3 Å². The number of ether oxygens (including phenoxy) is 2. The van der Waals surface area contributed by atoms with Crippen molar-refractivity contribution in [3.8, 4) is 17.2 Å². The second-order valence-corrected chi connectivity index (χ2v) is 8.00.